The van der Waals surface area contributed by atoms with Crippen LogP contribution in [-0.4, -0.2) is 37.9 Å². The van der Waals surface area contributed by atoms with E-state index in [0.717, 1.165) is 19.5 Å². The summed E-state index contributed by atoms with van der Waals surface area (Å²) < 4.78 is 10.3. The summed E-state index contributed by atoms with van der Waals surface area (Å²) >= 11 is 0. The van der Waals surface area contributed by atoms with Crippen molar-refractivity contribution in [2.45, 2.75) is 6.42 Å². The number of furan rings is 1. The molecular formula is C12H15NO4. The molecule has 5 heteroatoms. The fourth-order valence-corrected chi connectivity index (χ4v) is 1.84. The van der Waals surface area contributed by atoms with Crippen molar-refractivity contribution in [3.8, 4) is 0 Å². The van der Waals surface area contributed by atoms with Crippen LogP contribution in [-0.2, 0) is 4.74 Å². The first kappa shape index (κ1) is 11.7. The van der Waals surface area contributed by atoms with Gasteiger partial charge in [0.1, 0.15) is 0 Å². The normalized spacial score (nSPS) is 15.8. The molecule has 0 saturated carbocycles. The summed E-state index contributed by atoms with van der Waals surface area (Å²) in [7, 11) is 1.68. The van der Waals surface area contributed by atoms with E-state index in [9.17, 15) is 4.79 Å². The predicted molar refractivity (Wildman–Crippen MR) is 62.5 cm³/mol. The van der Waals surface area contributed by atoms with Crippen LogP contribution in [0.5, 0.6) is 0 Å². The molecule has 0 radical (unpaired) electrons. The lowest BCUT2D eigenvalue weighted by Crippen LogP contribution is -2.28. The summed E-state index contributed by atoms with van der Waals surface area (Å²) in [5, 5.41) is 8.77. The third-order valence-electron chi connectivity index (χ3n) is 2.75. The first-order valence-electron chi connectivity index (χ1n) is 5.45. The van der Waals surface area contributed by atoms with Crippen LogP contribution in [0.3, 0.4) is 0 Å². The Morgan fingerprint density at radius 2 is 2.41 bits per heavy atom. The fourth-order valence-electron chi connectivity index (χ4n) is 1.84. The van der Waals surface area contributed by atoms with Crippen LogP contribution >= 0.6 is 0 Å². The lowest BCUT2D eigenvalue weighted by molar-refractivity contribution is 0.0663. The standard InChI is InChI=1S/C12H15NO4/c1-16-8-9-4-6-13(7-5-9)11-3-2-10(17-11)12(14)15/h2-4H,5-8H2,1H3,(H,14,15). The Bertz CT molecular complexity index is 435. The van der Waals surface area contributed by atoms with Gasteiger partial charge in [-0.05, 0) is 18.1 Å². The van der Waals surface area contributed by atoms with Crippen molar-refractivity contribution in [3.63, 3.8) is 0 Å². The first-order chi connectivity index (χ1) is 8.20. The second-order valence-electron chi connectivity index (χ2n) is 3.93. The van der Waals surface area contributed by atoms with E-state index in [2.05, 4.69) is 6.08 Å². The maximum absolute atomic E-state index is 10.7. The zero-order chi connectivity index (χ0) is 12.3. The Morgan fingerprint density at radius 1 is 1.59 bits per heavy atom. The molecule has 5 nitrogen and oxygen atoms in total. The molecule has 0 aliphatic carbocycles. The Labute approximate surface area is 99.3 Å². The van der Waals surface area contributed by atoms with Crippen molar-refractivity contribution in [1.82, 2.24) is 0 Å². The number of carboxylic acid groups (broad SMARTS) is 1. The molecule has 0 aromatic carbocycles. The van der Waals surface area contributed by atoms with Gasteiger partial charge in [-0.15, -0.1) is 0 Å². The van der Waals surface area contributed by atoms with Gasteiger partial charge in [-0.3, -0.25) is 0 Å². The van der Waals surface area contributed by atoms with Gasteiger partial charge < -0.3 is 19.2 Å². The fraction of sp³-hybridized carbons (Fsp3) is 0.417. The second-order valence-corrected chi connectivity index (χ2v) is 3.93. The Hall–Kier alpha value is -1.75. The number of rotatable bonds is 4. The minimum atomic E-state index is -1.04. The molecule has 1 aliphatic heterocycles. The van der Waals surface area contributed by atoms with E-state index in [1.807, 2.05) is 4.90 Å². The minimum Gasteiger partial charge on any atom is -0.475 e. The van der Waals surface area contributed by atoms with E-state index in [-0.39, 0.29) is 5.76 Å². The minimum absolute atomic E-state index is 0.0216. The molecule has 0 spiro atoms. The van der Waals surface area contributed by atoms with E-state index < -0.39 is 5.97 Å². The number of hydrogen-bond donors (Lipinski definition) is 1. The largest absolute Gasteiger partial charge is 0.475 e. The summed E-state index contributed by atoms with van der Waals surface area (Å²) in [5.41, 5.74) is 1.27. The van der Waals surface area contributed by atoms with Gasteiger partial charge in [0.05, 0.1) is 6.61 Å². The van der Waals surface area contributed by atoms with Crippen molar-refractivity contribution >= 4 is 11.9 Å². The van der Waals surface area contributed by atoms with Gasteiger partial charge in [0.25, 0.3) is 0 Å². The summed E-state index contributed by atoms with van der Waals surface area (Å²) in [5.74, 6) is -0.453. The van der Waals surface area contributed by atoms with Crippen LogP contribution in [0.25, 0.3) is 0 Å². The molecule has 0 amide bonds. The molecule has 0 saturated heterocycles. The van der Waals surface area contributed by atoms with E-state index in [1.54, 1.807) is 13.2 Å². The molecule has 92 valence electrons. The highest BCUT2D eigenvalue weighted by atomic mass is 16.5. The van der Waals surface area contributed by atoms with Crippen LogP contribution in [0.4, 0.5) is 5.88 Å². The van der Waals surface area contributed by atoms with Gasteiger partial charge in [-0.2, -0.15) is 0 Å². The van der Waals surface area contributed by atoms with Crippen LogP contribution in [0.1, 0.15) is 17.0 Å². The Kier molecular flexibility index (Phi) is 3.49. The van der Waals surface area contributed by atoms with Gasteiger partial charge in [0.2, 0.25) is 5.76 Å². The summed E-state index contributed by atoms with van der Waals surface area (Å²) in [6, 6.07) is 3.17. The molecule has 2 heterocycles. The number of carbonyl (C=O) groups is 1. The second kappa shape index (κ2) is 5.05. The number of anilines is 1. The van der Waals surface area contributed by atoms with Crippen LogP contribution < -0.4 is 4.90 Å². The predicted octanol–water partition coefficient (Wildman–Crippen LogP) is 1.76. The van der Waals surface area contributed by atoms with Crippen molar-refractivity contribution in [2.24, 2.45) is 0 Å². The number of aromatic carboxylic acids is 1. The van der Waals surface area contributed by atoms with E-state index >= 15 is 0 Å². The van der Waals surface area contributed by atoms with Crippen LogP contribution in [0.15, 0.2) is 28.2 Å². The smallest absolute Gasteiger partial charge is 0.371 e. The number of nitrogens with zero attached hydrogens (tertiary/aromatic N) is 1. The third-order valence-corrected chi connectivity index (χ3v) is 2.75. The van der Waals surface area contributed by atoms with Crippen LogP contribution in [0.2, 0.25) is 0 Å². The molecule has 17 heavy (non-hydrogen) atoms. The summed E-state index contributed by atoms with van der Waals surface area (Å²) in [6.45, 7) is 2.21. The third kappa shape index (κ3) is 2.68. The topological polar surface area (TPSA) is 62.9 Å². The zero-order valence-electron chi connectivity index (χ0n) is 9.68. The van der Waals surface area contributed by atoms with E-state index in [1.165, 1.54) is 11.6 Å². The lowest BCUT2D eigenvalue weighted by atomic mass is 10.1. The zero-order valence-corrected chi connectivity index (χ0v) is 9.68. The Balaban J connectivity index is 2.02. The number of carboxylic acids is 1. The molecule has 1 aromatic rings. The molecule has 0 unspecified atom stereocenters. The number of hydrogen-bond acceptors (Lipinski definition) is 4. The highest BCUT2D eigenvalue weighted by Crippen LogP contribution is 2.22. The maximum atomic E-state index is 10.7. The highest BCUT2D eigenvalue weighted by molar-refractivity contribution is 5.84. The molecular weight excluding hydrogens is 222 g/mol. The molecule has 1 aliphatic rings. The van der Waals surface area contributed by atoms with Gasteiger partial charge in [-0.25, -0.2) is 4.79 Å². The van der Waals surface area contributed by atoms with Crippen molar-refractivity contribution in [2.75, 3.05) is 31.7 Å². The van der Waals surface area contributed by atoms with Gasteiger partial charge >= 0.3 is 5.97 Å². The van der Waals surface area contributed by atoms with Crippen molar-refractivity contribution < 1.29 is 19.1 Å². The van der Waals surface area contributed by atoms with Gasteiger partial charge in [-0.1, -0.05) is 6.08 Å². The summed E-state index contributed by atoms with van der Waals surface area (Å²) in [6.07, 6.45) is 3.01. The first-order valence-corrected chi connectivity index (χ1v) is 5.45. The Morgan fingerprint density at radius 3 is 2.94 bits per heavy atom. The monoisotopic (exact) mass is 237 g/mol. The lowest BCUT2D eigenvalue weighted by Gasteiger charge is -2.25. The number of ether oxygens (including phenoxy) is 1. The maximum Gasteiger partial charge on any atom is 0.371 e. The molecule has 0 atom stereocenters. The molecule has 2 rings (SSSR count). The van der Waals surface area contributed by atoms with Gasteiger partial charge in [0.15, 0.2) is 5.88 Å². The van der Waals surface area contributed by atoms with Crippen LogP contribution in [0, 0.1) is 0 Å². The van der Waals surface area contributed by atoms with Crippen molar-refractivity contribution in [1.29, 1.82) is 0 Å². The average molecular weight is 237 g/mol. The van der Waals surface area contributed by atoms with Crippen molar-refractivity contribution in [3.05, 3.63) is 29.5 Å². The van der Waals surface area contributed by atoms with Gasteiger partial charge in [0, 0.05) is 26.3 Å². The molecule has 1 aromatic heterocycles. The summed E-state index contributed by atoms with van der Waals surface area (Å²) in [4.78, 5) is 12.7. The average Bonchev–Trinajstić information content (AvgIpc) is 2.80. The number of methoxy groups -OCH3 is 1. The SMILES string of the molecule is COCC1=CCN(c2ccc(C(=O)O)o2)CC1. The molecule has 0 bridgehead atoms. The van der Waals surface area contributed by atoms with E-state index in [4.69, 9.17) is 14.3 Å². The highest BCUT2D eigenvalue weighted by Gasteiger charge is 2.17. The van der Waals surface area contributed by atoms with E-state index in [0.29, 0.717) is 12.5 Å². The molecule has 0 fully saturated rings. The quantitative estimate of drug-likeness (QED) is 0.808. The molecule has 1 N–H and O–H groups in total.